The number of methoxy groups -OCH3 is 1. The molecule has 8 nitrogen and oxygen atoms in total. The van der Waals surface area contributed by atoms with Crippen molar-refractivity contribution in [2.24, 2.45) is 17.8 Å². The Hall–Kier alpha value is -4.59. The molecule has 1 aliphatic heterocycles. The number of hydrogen-bond acceptors (Lipinski definition) is 7. The average molecular weight is 538 g/mol. The van der Waals surface area contributed by atoms with E-state index in [9.17, 15) is 29.1 Å². The molecule has 0 aromatic heterocycles. The van der Waals surface area contributed by atoms with Crippen LogP contribution in [0.1, 0.15) is 48.5 Å². The molecule has 1 N–H and O–H groups in total. The summed E-state index contributed by atoms with van der Waals surface area (Å²) in [7, 11) is 1.43. The number of imide groups is 1. The second-order valence-corrected chi connectivity index (χ2v) is 10.8. The molecule has 1 fully saturated rings. The Morgan fingerprint density at radius 3 is 2.40 bits per heavy atom. The second kappa shape index (κ2) is 9.26. The third-order valence-electron chi connectivity index (χ3n) is 8.63. The first-order valence-electron chi connectivity index (χ1n) is 13.2. The van der Waals surface area contributed by atoms with Crippen LogP contribution in [0, 0.1) is 17.8 Å². The van der Waals surface area contributed by atoms with Crippen LogP contribution in [0.2, 0.25) is 0 Å². The summed E-state index contributed by atoms with van der Waals surface area (Å²) >= 11 is 0. The van der Waals surface area contributed by atoms with Crippen molar-refractivity contribution in [1.82, 2.24) is 0 Å². The number of rotatable bonds is 4. The Bertz CT molecular complexity index is 1620. The number of carbonyl (C=O) groups excluding carboxylic acids is 5. The Morgan fingerprint density at radius 1 is 1.00 bits per heavy atom. The highest BCUT2D eigenvalue weighted by atomic mass is 16.5. The van der Waals surface area contributed by atoms with Gasteiger partial charge in [0.2, 0.25) is 11.8 Å². The minimum atomic E-state index is -0.703. The largest absolute Gasteiger partial charge is 0.504 e. The number of carbonyl (C=O) groups is 5. The number of hydrogen-bond donors (Lipinski definition) is 1. The van der Waals surface area contributed by atoms with Crippen molar-refractivity contribution in [3.63, 3.8) is 0 Å². The maximum absolute atomic E-state index is 13.9. The SMILES string of the molecule is COc1cc(C2C3=CCC4C(=O)N(c5ccc(C(C)=O)cc5)C(=O)C4C3CC3=C2C(=O)C(C)=CC3=O)ccc1O. The van der Waals surface area contributed by atoms with Crippen molar-refractivity contribution in [2.75, 3.05) is 12.0 Å². The lowest BCUT2D eigenvalue weighted by Gasteiger charge is -2.42. The summed E-state index contributed by atoms with van der Waals surface area (Å²) in [5, 5.41) is 10.2. The first kappa shape index (κ1) is 25.7. The zero-order chi connectivity index (χ0) is 28.5. The molecule has 1 heterocycles. The molecule has 4 atom stereocenters. The van der Waals surface area contributed by atoms with Crippen molar-refractivity contribution in [1.29, 1.82) is 0 Å². The summed E-state index contributed by atoms with van der Waals surface area (Å²) in [5.41, 5.74) is 3.44. The van der Waals surface area contributed by atoms with E-state index < -0.39 is 23.7 Å². The van der Waals surface area contributed by atoms with Gasteiger partial charge >= 0.3 is 0 Å². The zero-order valence-corrected chi connectivity index (χ0v) is 22.3. The quantitative estimate of drug-likeness (QED) is 0.268. The normalized spacial score (nSPS) is 25.7. The molecule has 0 radical (unpaired) electrons. The fourth-order valence-electron chi connectivity index (χ4n) is 6.71. The van der Waals surface area contributed by atoms with Gasteiger partial charge in [-0.2, -0.15) is 0 Å². The summed E-state index contributed by atoms with van der Waals surface area (Å²) < 4.78 is 5.33. The molecular formula is C32H27NO7. The molecule has 0 bridgehead atoms. The molecule has 4 aliphatic rings. The number of phenols is 1. The van der Waals surface area contributed by atoms with E-state index in [-0.39, 0.29) is 47.1 Å². The van der Waals surface area contributed by atoms with Crippen molar-refractivity contribution in [3.05, 3.63) is 88.0 Å². The van der Waals surface area contributed by atoms with Crippen molar-refractivity contribution < 1.29 is 33.8 Å². The van der Waals surface area contributed by atoms with Crippen LogP contribution in [0.3, 0.4) is 0 Å². The van der Waals surface area contributed by atoms with Gasteiger partial charge in [-0.1, -0.05) is 17.7 Å². The number of nitrogens with zero attached hydrogens (tertiary/aromatic N) is 1. The van der Waals surface area contributed by atoms with Crippen LogP contribution < -0.4 is 9.64 Å². The Balaban J connectivity index is 1.46. The monoisotopic (exact) mass is 537 g/mol. The molecule has 8 heteroatoms. The molecule has 2 amide bonds. The molecule has 4 unspecified atom stereocenters. The lowest BCUT2D eigenvalue weighted by Crippen LogP contribution is -2.39. The highest BCUT2D eigenvalue weighted by molar-refractivity contribution is 6.25. The number of fused-ring (bicyclic) bond motifs is 3. The van der Waals surface area contributed by atoms with Crippen LogP contribution in [0.5, 0.6) is 11.5 Å². The van der Waals surface area contributed by atoms with Crippen molar-refractivity contribution >= 4 is 34.9 Å². The van der Waals surface area contributed by atoms with Gasteiger partial charge in [-0.3, -0.25) is 28.9 Å². The number of anilines is 1. The van der Waals surface area contributed by atoms with Crippen LogP contribution in [0.15, 0.2) is 76.9 Å². The summed E-state index contributed by atoms with van der Waals surface area (Å²) in [4.78, 5) is 67.2. The second-order valence-electron chi connectivity index (χ2n) is 10.8. The first-order chi connectivity index (χ1) is 19.1. The number of allylic oxidation sites excluding steroid dienone is 6. The molecule has 2 aromatic carbocycles. The van der Waals surface area contributed by atoms with E-state index in [1.165, 1.54) is 31.1 Å². The summed E-state index contributed by atoms with van der Waals surface area (Å²) in [6, 6.07) is 11.2. The number of ketones is 3. The van der Waals surface area contributed by atoms with Crippen LogP contribution in [0.25, 0.3) is 0 Å². The lowest BCUT2D eigenvalue weighted by atomic mass is 9.59. The third-order valence-corrected chi connectivity index (χ3v) is 8.63. The smallest absolute Gasteiger partial charge is 0.238 e. The standard InChI is InChI=1S/C32H27NO7/c1-15-12-25(36)23-14-22-20(27(29(23)30(15)37)18-6-11-24(35)26(13-18)40-3)9-10-21-28(22)32(39)33(31(21)38)19-7-4-17(5-8-19)16(2)34/h4-9,11-13,21-22,27-28,35H,10,14H2,1-3H3. The number of aromatic hydroxyl groups is 1. The van der Waals surface area contributed by atoms with E-state index in [0.29, 0.717) is 40.0 Å². The van der Waals surface area contributed by atoms with Gasteiger partial charge in [-0.25, -0.2) is 0 Å². The molecule has 3 aliphatic carbocycles. The zero-order valence-electron chi connectivity index (χ0n) is 22.3. The van der Waals surface area contributed by atoms with E-state index in [0.717, 1.165) is 5.57 Å². The maximum Gasteiger partial charge on any atom is 0.238 e. The van der Waals surface area contributed by atoms with Crippen LogP contribution in [0.4, 0.5) is 5.69 Å². The fourth-order valence-corrected chi connectivity index (χ4v) is 6.71. The number of phenolic OH excluding ortho intramolecular Hbond substituents is 1. The molecular weight excluding hydrogens is 510 g/mol. The molecule has 1 saturated heterocycles. The minimum absolute atomic E-state index is 0.0596. The van der Waals surface area contributed by atoms with Crippen LogP contribution in [-0.2, 0) is 19.2 Å². The average Bonchev–Trinajstić information content (AvgIpc) is 3.20. The van der Waals surface area contributed by atoms with Crippen molar-refractivity contribution in [2.45, 2.75) is 32.6 Å². The van der Waals surface area contributed by atoms with Crippen LogP contribution >= 0.6 is 0 Å². The summed E-state index contributed by atoms with van der Waals surface area (Å²) in [6.07, 6.45) is 3.78. The van der Waals surface area contributed by atoms with Gasteiger partial charge in [0.1, 0.15) is 0 Å². The maximum atomic E-state index is 13.9. The number of ether oxygens (including phenoxy) is 1. The number of Topliss-reactive ketones (excluding diaryl/α,β-unsaturated/α-hetero) is 2. The van der Waals surface area contributed by atoms with E-state index in [1.54, 1.807) is 43.3 Å². The van der Waals surface area contributed by atoms with E-state index in [2.05, 4.69) is 0 Å². The van der Waals surface area contributed by atoms with E-state index in [4.69, 9.17) is 4.74 Å². The predicted octanol–water partition coefficient (Wildman–Crippen LogP) is 4.24. The summed E-state index contributed by atoms with van der Waals surface area (Å²) in [5.74, 6) is -3.51. The molecule has 6 rings (SSSR count). The predicted molar refractivity (Wildman–Crippen MR) is 145 cm³/mol. The highest BCUT2D eigenvalue weighted by Crippen LogP contribution is 2.55. The molecule has 2 aromatic rings. The Morgan fingerprint density at radius 2 is 1.73 bits per heavy atom. The number of amides is 2. The lowest BCUT2D eigenvalue weighted by molar-refractivity contribution is -0.123. The molecule has 0 saturated carbocycles. The van der Waals surface area contributed by atoms with Gasteiger partial charge in [-0.15, -0.1) is 0 Å². The third kappa shape index (κ3) is 3.70. The van der Waals surface area contributed by atoms with Gasteiger partial charge in [0.05, 0.1) is 24.6 Å². The number of benzene rings is 2. The Labute approximate surface area is 230 Å². The fraction of sp³-hybridized carbons (Fsp3) is 0.281. The minimum Gasteiger partial charge on any atom is -0.504 e. The van der Waals surface area contributed by atoms with Crippen molar-refractivity contribution in [3.8, 4) is 11.5 Å². The van der Waals surface area contributed by atoms with E-state index >= 15 is 0 Å². The van der Waals surface area contributed by atoms with Gasteiger partial charge in [0, 0.05) is 28.2 Å². The van der Waals surface area contributed by atoms with Crippen LogP contribution in [-0.4, -0.2) is 41.4 Å². The molecule has 0 spiro atoms. The van der Waals surface area contributed by atoms with E-state index in [1.807, 2.05) is 6.08 Å². The summed E-state index contributed by atoms with van der Waals surface area (Å²) in [6.45, 7) is 3.06. The molecule has 202 valence electrons. The van der Waals surface area contributed by atoms with Gasteiger partial charge in [0.15, 0.2) is 28.8 Å². The van der Waals surface area contributed by atoms with Gasteiger partial charge in [-0.05, 0) is 80.6 Å². The Kier molecular flexibility index (Phi) is 5.94. The topological polar surface area (TPSA) is 118 Å². The highest BCUT2D eigenvalue weighted by Gasteiger charge is 2.56. The first-order valence-corrected chi connectivity index (χ1v) is 13.2. The van der Waals surface area contributed by atoms with Gasteiger partial charge < -0.3 is 9.84 Å². The van der Waals surface area contributed by atoms with Gasteiger partial charge in [0.25, 0.3) is 0 Å². The molecule has 40 heavy (non-hydrogen) atoms.